The van der Waals surface area contributed by atoms with Crippen molar-refractivity contribution in [3.8, 4) is 0 Å². The van der Waals surface area contributed by atoms with E-state index in [9.17, 15) is 18.0 Å². The third kappa shape index (κ3) is 3.28. The molecule has 1 fully saturated rings. The summed E-state index contributed by atoms with van der Waals surface area (Å²) < 4.78 is 45.0. The number of nitrogens with zero attached hydrogens (tertiary/aromatic N) is 3. The van der Waals surface area contributed by atoms with Gasteiger partial charge in [0, 0.05) is 19.8 Å². The third-order valence-electron chi connectivity index (χ3n) is 4.00. The Hall–Kier alpha value is -2.35. The predicted molar refractivity (Wildman–Crippen MR) is 79.2 cm³/mol. The van der Waals surface area contributed by atoms with Gasteiger partial charge in [-0.05, 0) is 23.8 Å². The van der Waals surface area contributed by atoms with Crippen molar-refractivity contribution < 1.29 is 22.7 Å². The number of aryl methyl sites for hydroxylation is 1. The highest BCUT2D eigenvalue weighted by molar-refractivity contribution is 5.92. The normalized spacial score (nSPS) is 18.7. The van der Waals surface area contributed by atoms with Gasteiger partial charge in [0.1, 0.15) is 11.8 Å². The minimum absolute atomic E-state index is 0.171. The van der Waals surface area contributed by atoms with Gasteiger partial charge in [-0.1, -0.05) is 12.1 Å². The maximum atomic E-state index is 12.6. The fourth-order valence-electron chi connectivity index (χ4n) is 2.67. The van der Waals surface area contributed by atoms with Gasteiger partial charge in [0.2, 0.25) is 0 Å². The van der Waals surface area contributed by atoms with Crippen LogP contribution in [0.1, 0.15) is 27.7 Å². The van der Waals surface area contributed by atoms with Crippen LogP contribution in [-0.4, -0.2) is 40.3 Å². The van der Waals surface area contributed by atoms with Crippen LogP contribution in [0.25, 0.3) is 0 Å². The number of aromatic nitrogens is 2. The Kier molecular flexibility index (Phi) is 4.31. The second-order valence-corrected chi connectivity index (χ2v) is 5.57. The number of morpholine rings is 1. The lowest BCUT2D eigenvalue weighted by molar-refractivity contribution is -0.137. The van der Waals surface area contributed by atoms with E-state index >= 15 is 0 Å². The molecule has 2 heterocycles. The zero-order valence-electron chi connectivity index (χ0n) is 13.0. The molecule has 1 saturated heterocycles. The number of halogens is 3. The molecule has 24 heavy (non-hydrogen) atoms. The number of benzene rings is 1. The minimum Gasteiger partial charge on any atom is -0.370 e. The summed E-state index contributed by atoms with van der Waals surface area (Å²) in [6, 6.07) is 6.48. The van der Waals surface area contributed by atoms with E-state index in [-0.39, 0.29) is 12.5 Å². The van der Waals surface area contributed by atoms with Gasteiger partial charge in [-0.25, -0.2) is 0 Å². The molecule has 2 aromatic rings. The molecule has 1 aliphatic heterocycles. The largest absolute Gasteiger partial charge is 0.416 e. The predicted octanol–water partition coefficient (Wildman–Crippen LogP) is 2.65. The molecule has 3 rings (SSSR count). The van der Waals surface area contributed by atoms with Crippen LogP contribution in [0.5, 0.6) is 0 Å². The summed E-state index contributed by atoms with van der Waals surface area (Å²) in [7, 11) is 1.68. The van der Waals surface area contributed by atoms with Crippen LogP contribution in [0.3, 0.4) is 0 Å². The molecule has 1 aromatic carbocycles. The molecule has 0 radical (unpaired) electrons. The molecule has 8 heteroatoms. The number of ether oxygens (including phenoxy) is 1. The van der Waals surface area contributed by atoms with Crippen LogP contribution in [0.15, 0.2) is 36.5 Å². The van der Waals surface area contributed by atoms with Crippen molar-refractivity contribution in [1.82, 2.24) is 14.7 Å². The number of carbonyl (C=O) groups is 1. The van der Waals surface area contributed by atoms with Crippen molar-refractivity contribution in [2.45, 2.75) is 12.3 Å². The van der Waals surface area contributed by atoms with Gasteiger partial charge >= 0.3 is 6.18 Å². The summed E-state index contributed by atoms with van der Waals surface area (Å²) in [4.78, 5) is 14.1. The van der Waals surface area contributed by atoms with Crippen LogP contribution < -0.4 is 0 Å². The third-order valence-corrected chi connectivity index (χ3v) is 4.00. The molecule has 1 amide bonds. The number of alkyl halides is 3. The van der Waals surface area contributed by atoms with Gasteiger partial charge in [0.05, 0.1) is 18.7 Å². The first-order valence-corrected chi connectivity index (χ1v) is 7.42. The number of carbonyl (C=O) groups excluding carboxylic acids is 1. The molecule has 0 aliphatic carbocycles. The number of hydrogen-bond donors (Lipinski definition) is 0. The van der Waals surface area contributed by atoms with E-state index in [0.29, 0.717) is 24.4 Å². The highest BCUT2D eigenvalue weighted by atomic mass is 19.4. The average Bonchev–Trinajstić information content (AvgIpc) is 3.00. The topological polar surface area (TPSA) is 47.4 Å². The molecule has 128 valence electrons. The van der Waals surface area contributed by atoms with Crippen molar-refractivity contribution in [3.05, 3.63) is 53.3 Å². The van der Waals surface area contributed by atoms with Gasteiger partial charge < -0.3 is 9.64 Å². The Labute approximate surface area is 136 Å². The maximum Gasteiger partial charge on any atom is 0.416 e. The molecule has 0 unspecified atom stereocenters. The zero-order valence-corrected chi connectivity index (χ0v) is 13.0. The smallest absolute Gasteiger partial charge is 0.370 e. The summed E-state index contributed by atoms with van der Waals surface area (Å²) in [5.74, 6) is -0.171. The Morgan fingerprint density at radius 3 is 2.54 bits per heavy atom. The van der Waals surface area contributed by atoms with Crippen LogP contribution in [0.4, 0.5) is 13.2 Å². The van der Waals surface area contributed by atoms with Crippen LogP contribution in [-0.2, 0) is 18.0 Å². The summed E-state index contributed by atoms with van der Waals surface area (Å²) in [6.07, 6.45) is -3.27. The van der Waals surface area contributed by atoms with E-state index < -0.39 is 17.8 Å². The first-order valence-electron chi connectivity index (χ1n) is 7.42. The van der Waals surface area contributed by atoms with Gasteiger partial charge in [-0.15, -0.1) is 0 Å². The lowest BCUT2D eigenvalue weighted by Gasteiger charge is -2.33. The van der Waals surface area contributed by atoms with Crippen LogP contribution in [0, 0.1) is 0 Å². The van der Waals surface area contributed by atoms with E-state index in [0.717, 1.165) is 12.1 Å². The SMILES string of the molecule is Cn1nccc1C(=O)N1CCO[C@H](c2ccc(C(F)(F)F)cc2)C1. The van der Waals surface area contributed by atoms with Crippen molar-refractivity contribution in [2.75, 3.05) is 19.7 Å². The number of hydrogen-bond acceptors (Lipinski definition) is 3. The first-order chi connectivity index (χ1) is 11.4. The van der Waals surface area contributed by atoms with E-state index in [1.807, 2.05) is 0 Å². The van der Waals surface area contributed by atoms with Crippen molar-refractivity contribution >= 4 is 5.91 Å². The quantitative estimate of drug-likeness (QED) is 0.845. The molecular weight excluding hydrogens is 323 g/mol. The van der Waals surface area contributed by atoms with Crippen LogP contribution in [0.2, 0.25) is 0 Å². The molecule has 1 aromatic heterocycles. The Morgan fingerprint density at radius 1 is 1.25 bits per heavy atom. The standard InChI is InChI=1S/C16H16F3N3O2/c1-21-13(6-7-20-21)15(23)22-8-9-24-14(10-22)11-2-4-12(5-3-11)16(17,18)19/h2-7,14H,8-10H2,1H3/t14-/m0/s1. The van der Waals surface area contributed by atoms with E-state index in [4.69, 9.17) is 4.74 Å². The Bertz CT molecular complexity index is 725. The summed E-state index contributed by atoms with van der Waals surface area (Å²) in [5, 5.41) is 3.97. The molecule has 0 bridgehead atoms. The second-order valence-electron chi connectivity index (χ2n) is 5.57. The van der Waals surface area contributed by atoms with Crippen LogP contribution >= 0.6 is 0 Å². The number of amides is 1. The lowest BCUT2D eigenvalue weighted by Crippen LogP contribution is -2.42. The van der Waals surface area contributed by atoms with Crippen molar-refractivity contribution in [1.29, 1.82) is 0 Å². The van der Waals surface area contributed by atoms with Gasteiger partial charge in [-0.3, -0.25) is 9.48 Å². The van der Waals surface area contributed by atoms with E-state index in [1.165, 1.54) is 16.8 Å². The first kappa shape index (κ1) is 16.5. The van der Waals surface area contributed by atoms with Gasteiger partial charge in [-0.2, -0.15) is 18.3 Å². The molecular formula is C16H16F3N3O2. The average molecular weight is 339 g/mol. The minimum atomic E-state index is -4.37. The maximum absolute atomic E-state index is 12.6. The summed E-state index contributed by atoms with van der Waals surface area (Å²) in [6.45, 7) is 1.05. The van der Waals surface area contributed by atoms with Gasteiger partial charge in [0.15, 0.2) is 0 Å². The molecule has 0 spiro atoms. The van der Waals surface area contributed by atoms with Crippen molar-refractivity contribution in [2.24, 2.45) is 7.05 Å². The Morgan fingerprint density at radius 2 is 1.96 bits per heavy atom. The monoisotopic (exact) mass is 339 g/mol. The lowest BCUT2D eigenvalue weighted by atomic mass is 10.0. The molecule has 0 saturated carbocycles. The molecule has 1 aliphatic rings. The summed E-state index contributed by atoms with van der Waals surface area (Å²) >= 11 is 0. The highest BCUT2D eigenvalue weighted by Crippen LogP contribution is 2.31. The fraction of sp³-hybridized carbons (Fsp3) is 0.375. The number of rotatable bonds is 2. The van der Waals surface area contributed by atoms with E-state index in [2.05, 4.69) is 5.10 Å². The molecule has 5 nitrogen and oxygen atoms in total. The zero-order chi connectivity index (χ0) is 17.3. The highest BCUT2D eigenvalue weighted by Gasteiger charge is 2.31. The fourth-order valence-corrected chi connectivity index (χ4v) is 2.67. The molecule has 1 atom stereocenters. The summed E-state index contributed by atoms with van der Waals surface area (Å²) in [5.41, 5.74) is 0.374. The second kappa shape index (κ2) is 6.27. The van der Waals surface area contributed by atoms with Gasteiger partial charge in [0.25, 0.3) is 5.91 Å². The van der Waals surface area contributed by atoms with E-state index in [1.54, 1.807) is 24.2 Å². The molecule has 0 N–H and O–H groups in total. The van der Waals surface area contributed by atoms with Crippen molar-refractivity contribution in [3.63, 3.8) is 0 Å². The Balaban J connectivity index is 1.74.